The van der Waals surface area contributed by atoms with Crippen molar-refractivity contribution in [3.05, 3.63) is 47.8 Å². The van der Waals surface area contributed by atoms with Crippen molar-refractivity contribution in [2.45, 2.75) is 33.0 Å². The van der Waals surface area contributed by atoms with Crippen molar-refractivity contribution in [1.82, 2.24) is 15.3 Å². The number of amides is 2. The first-order valence-electron chi connectivity index (χ1n) is 8.79. The Kier molecular flexibility index (Phi) is 7.13. The number of aromatic nitrogens is 2. The minimum Gasteiger partial charge on any atom is -0.468 e. The molecular weight excluding hydrogens is 389 g/mol. The van der Waals surface area contributed by atoms with E-state index in [2.05, 4.69) is 25.3 Å². The Morgan fingerprint density at radius 2 is 1.90 bits per heavy atom. The molecule has 2 rings (SSSR count). The molecule has 0 bridgehead atoms. The molecule has 1 atom stereocenters. The lowest BCUT2D eigenvalue weighted by atomic mass is 10.1. The second-order valence-electron chi connectivity index (χ2n) is 6.57. The molecule has 0 saturated heterocycles. The number of pyridine rings is 2. The fourth-order valence-electron chi connectivity index (χ4n) is 2.17. The zero-order valence-corrected chi connectivity index (χ0v) is 16.1. The normalized spacial score (nSPS) is 12.4. The smallest absolute Gasteiger partial charge is 0.422 e. The molecule has 0 spiro atoms. The summed E-state index contributed by atoms with van der Waals surface area (Å²) < 4.78 is 41.5. The number of carbonyl (C=O) groups excluding carboxylic acids is 2. The minimum absolute atomic E-state index is 0.191. The maximum atomic E-state index is 12.5. The Balaban J connectivity index is 2.04. The molecule has 1 unspecified atom stereocenters. The van der Waals surface area contributed by atoms with E-state index in [1.54, 1.807) is 26.8 Å². The summed E-state index contributed by atoms with van der Waals surface area (Å²) in [7, 11) is 0. The standard InChI is InChI=1S/C19H21F3N4O3/c1-11(2)17(27)26-15-9-13(7-8-23-15)18(28)24-12(3)14-5-4-6-16(25-14)29-10-19(20,21)22/h4-9,11-12H,10H2,1-3H3,(H,24,28)(H,23,26,27). The summed E-state index contributed by atoms with van der Waals surface area (Å²) in [6.07, 6.45) is -3.08. The molecule has 0 aliphatic heterocycles. The molecule has 0 radical (unpaired) electrons. The second-order valence-corrected chi connectivity index (χ2v) is 6.57. The van der Waals surface area contributed by atoms with Gasteiger partial charge in [-0.1, -0.05) is 19.9 Å². The van der Waals surface area contributed by atoms with Gasteiger partial charge in [0, 0.05) is 23.7 Å². The number of nitrogens with one attached hydrogen (secondary N) is 2. The zero-order valence-electron chi connectivity index (χ0n) is 16.1. The number of carbonyl (C=O) groups is 2. The molecule has 10 heteroatoms. The number of nitrogens with zero attached hydrogens (tertiary/aromatic N) is 2. The highest BCUT2D eigenvalue weighted by Gasteiger charge is 2.28. The first kappa shape index (κ1) is 22.1. The van der Waals surface area contributed by atoms with Gasteiger partial charge in [-0.05, 0) is 25.1 Å². The van der Waals surface area contributed by atoms with Crippen molar-refractivity contribution >= 4 is 17.6 Å². The monoisotopic (exact) mass is 410 g/mol. The number of hydrogen-bond acceptors (Lipinski definition) is 5. The molecule has 2 N–H and O–H groups in total. The maximum absolute atomic E-state index is 12.5. The van der Waals surface area contributed by atoms with Crippen LogP contribution in [0.1, 0.15) is 42.9 Å². The maximum Gasteiger partial charge on any atom is 0.422 e. The van der Waals surface area contributed by atoms with Crippen LogP contribution in [0, 0.1) is 5.92 Å². The summed E-state index contributed by atoms with van der Waals surface area (Å²) in [6, 6.07) is 6.66. The fraction of sp³-hybridized carbons (Fsp3) is 0.368. The van der Waals surface area contributed by atoms with E-state index >= 15 is 0 Å². The highest BCUT2D eigenvalue weighted by molar-refractivity contribution is 5.96. The van der Waals surface area contributed by atoms with Crippen LogP contribution in [-0.2, 0) is 4.79 Å². The Bertz CT molecular complexity index is 872. The van der Waals surface area contributed by atoms with Crippen LogP contribution in [0.2, 0.25) is 0 Å². The quantitative estimate of drug-likeness (QED) is 0.729. The fourth-order valence-corrected chi connectivity index (χ4v) is 2.17. The molecule has 29 heavy (non-hydrogen) atoms. The van der Waals surface area contributed by atoms with E-state index in [4.69, 9.17) is 0 Å². The summed E-state index contributed by atoms with van der Waals surface area (Å²) in [4.78, 5) is 32.2. The number of alkyl halides is 3. The molecular formula is C19H21F3N4O3. The zero-order chi connectivity index (χ0) is 21.6. The highest BCUT2D eigenvalue weighted by atomic mass is 19.4. The van der Waals surface area contributed by atoms with Crippen molar-refractivity contribution in [1.29, 1.82) is 0 Å². The molecule has 7 nitrogen and oxygen atoms in total. The first-order chi connectivity index (χ1) is 13.5. The van der Waals surface area contributed by atoms with Gasteiger partial charge in [0.1, 0.15) is 5.82 Å². The van der Waals surface area contributed by atoms with E-state index in [-0.39, 0.29) is 29.1 Å². The van der Waals surface area contributed by atoms with E-state index in [1.807, 2.05) is 0 Å². The van der Waals surface area contributed by atoms with E-state index in [0.717, 1.165) is 0 Å². The molecule has 2 aromatic heterocycles. The molecule has 0 aliphatic rings. The van der Waals surface area contributed by atoms with E-state index < -0.39 is 24.7 Å². The number of hydrogen-bond donors (Lipinski definition) is 2. The molecule has 0 fully saturated rings. The minimum atomic E-state index is -4.47. The van der Waals surface area contributed by atoms with Crippen molar-refractivity contribution in [2.75, 3.05) is 11.9 Å². The Labute approximate surface area is 165 Å². The summed E-state index contributed by atoms with van der Waals surface area (Å²) in [5.41, 5.74) is 0.593. The summed E-state index contributed by atoms with van der Waals surface area (Å²) >= 11 is 0. The number of halogens is 3. The SMILES string of the molecule is CC(C)C(=O)Nc1cc(C(=O)NC(C)c2cccc(OCC(F)(F)F)n2)ccn1. The van der Waals surface area contributed by atoms with Crippen LogP contribution >= 0.6 is 0 Å². The molecule has 2 heterocycles. The summed E-state index contributed by atoms with van der Waals surface area (Å²) in [5, 5.41) is 5.30. The predicted molar refractivity (Wildman–Crippen MR) is 99.4 cm³/mol. The molecule has 0 aliphatic carbocycles. The summed E-state index contributed by atoms with van der Waals surface area (Å²) in [5.74, 6) is -0.882. The van der Waals surface area contributed by atoms with Gasteiger partial charge in [-0.15, -0.1) is 0 Å². The van der Waals surface area contributed by atoms with Crippen molar-refractivity contribution in [3.63, 3.8) is 0 Å². The molecule has 2 aromatic rings. The van der Waals surface area contributed by atoms with Crippen LogP contribution in [0.15, 0.2) is 36.5 Å². The van der Waals surface area contributed by atoms with Crippen LogP contribution in [0.5, 0.6) is 5.88 Å². The molecule has 0 saturated carbocycles. The van der Waals surface area contributed by atoms with Crippen LogP contribution in [0.25, 0.3) is 0 Å². The highest BCUT2D eigenvalue weighted by Crippen LogP contribution is 2.19. The van der Waals surface area contributed by atoms with Gasteiger partial charge >= 0.3 is 6.18 Å². The lowest BCUT2D eigenvalue weighted by Crippen LogP contribution is -2.28. The van der Waals surface area contributed by atoms with Gasteiger partial charge in [0.15, 0.2) is 6.61 Å². The third-order valence-corrected chi connectivity index (χ3v) is 3.72. The van der Waals surface area contributed by atoms with Gasteiger partial charge in [0.2, 0.25) is 11.8 Å². The Hall–Kier alpha value is -3.17. The Morgan fingerprint density at radius 1 is 1.17 bits per heavy atom. The van der Waals surface area contributed by atoms with Crippen molar-refractivity contribution in [2.24, 2.45) is 5.92 Å². The largest absolute Gasteiger partial charge is 0.468 e. The van der Waals surface area contributed by atoms with E-state index in [0.29, 0.717) is 5.69 Å². The topological polar surface area (TPSA) is 93.2 Å². The van der Waals surface area contributed by atoms with Crippen LogP contribution in [0.3, 0.4) is 0 Å². The predicted octanol–water partition coefficient (Wildman–Crippen LogP) is 3.50. The van der Waals surface area contributed by atoms with Gasteiger partial charge in [-0.25, -0.2) is 9.97 Å². The molecule has 2 amide bonds. The second kappa shape index (κ2) is 9.35. The first-order valence-corrected chi connectivity index (χ1v) is 8.79. The lowest BCUT2D eigenvalue weighted by molar-refractivity contribution is -0.154. The van der Waals surface area contributed by atoms with Gasteiger partial charge < -0.3 is 15.4 Å². The third kappa shape index (κ3) is 7.05. The molecule has 0 aromatic carbocycles. The Morgan fingerprint density at radius 3 is 2.55 bits per heavy atom. The number of anilines is 1. The molecule has 156 valence electrons. The van der Waals surface area contributed by atoms with Crippen LogP contribution in [-0.4, -0.2) is 34.6 Å². The van der Waals surface area contributed by atoms with E-state index in [1.165, 1.54) is 30.5 Å². The average Bonchev–Trinajstić information content (AvgIpc) is 2.66. The van der Waals surface area contributed by atoms with Crippen molar-refractivity contribution in [3.8, 4) is 5.88 Å². The van der Waals surface area contributed by atoms with Crippen LogP contribution in [0.4, 0.5) is 19.0 Å². The number of rotatable bonds is 7. The number of ether oxygens (including phenoxy) is 1. The average molecular weight is 410 g/mol. The van der Waals surface area contributed by atoms with Gasteiger partial charge in [0.25, 0.3) is 5.91 Å². The van der Waals surface area contributed by atoms with Crippen LogP contribution < -0.4 is 15.4 Å². The lowest BCUT2D eigenvalue weighted by Gasteiger charge is -2.15. The van der Waals surface area contributed by atoms with E-state index in [9.17, 15) is 22.8 Å². The third-order valence-electron chi connectivity index (χ3n) is 3.72. The van der Waals surface area contributed by atoms with Gasteiger partial charge in [0.05, 0.1) is 11.7 Å². The van der Waals surface area contributed by atoms with Crippen molar-refractivity contribution < 1.29 is 27.5 Å². The van der Waals surface area contributed by atoms with Gasteiger partial charge in [-0.2, -0.15) is 13.2 Å². The van der Waals surface area contributed by atoms with Gasteiger partial charge in [-0.3, -0.25) is 9.59 Å². The summed E-state index contributed by atoms with van der Waals surface area (Å²) in [6.45, 7) is 3.64.